The van der Waals surface area contributed by atoms with Crippen LogP contribution in [0.2, 0.25) is 0 Å². The smallest absolute Gasteiger partial charge is 0.0744 e. The van der Waals surface area contributed by atoms with Crippen molar-refractivity contribution in [3.8, 4) is 0 Å². The molecule has 0 saturated carbocycles. The van der Waals surface area contributed by atoms with E-state index in [1.807, 2.05) is 12.1 Å². The lowest BCUT2D eigenvalue weighted by molar-refractivity contribution is 1.70. The second-order valence-electron chi connectivity index (χ2n) is 1.92. The third-order valence-corrected chi connectivity index (χ3v) is 2.11. The highest BCUT2D eigenvalue weighted by Gasteiger charge is 2.04. The van der Waals surface area contributed by atoms with E-state index in [0.29, 0.717) is 8.88 Å². The lowest BCUT2D eigenvalue weighted by Gasteiger charge is -1.92. The minimum absolute atomic E-state index is 0.646. The van der Waals surface area contributed by atoms with Gasteiger partial charge in [0.15, 0.2) is 0 Å². The van der Waals surface area contributed by atoms with Gasteiger partial charge in [-0.15, -0.1) is 0 Å². The van der Waals surface area contributed by atoms with Gasteiger partial charge in [0.1, 0.15) is 0 Å². The van der Waals surface area contributed by atoms with E-state index >= 15 is 0 Å². The monoisotopic (exact) mass is 138 g/mol. The van der Waals surface area contributed by atoms with Gasteiger partial charge in [-0.2, -0.15) is 0 Å². The van der Waals surface area contributed by atoms with Gasteiger partial charge in [-0.05, 0) is 12.1 Å². The number of rotatable bonds is 0. The van der Waals surface area contributed by atoms with Gasteiger partial charge in [-0.1, -0.05) is 12.1 Å². The molecule has 0 amide bonds. The molecule has 1 aromatic carbocycles. The molecule has 9 heavy (non-hydrogen) atoms. The van der Waals surface area contributed by atoms with Gasteiger partial charge in [0.2, 0.25) is 0 Å². The van der Waals surface area contributed by atoms with Crippen molar-refractivity contribution in [2.24, 2.45) is 0 Å². The van der Waals surface area contributed by atoms with Crippen LogP contribution in [0, 0.1) is 0 Å². The third kappa shape index (κ3) is 0.757. The molecule has 0 fully saturated rings. The third-order valence-electron chi connectivity index (χ3n) is 1.32. The Morgan fingerprint density at radius 2 is 1.56 bits per heavy atom. The maximum atomic E-state index is 3.22. The van der Waals surface area contributed by atoms with E-state index in [-0.39, 0.29) is 0 Å². The van der Waals surface area contributed by atoms with Crippen LogP contribution < -0.4 is 10.2 Å². The van der Waals surface area contributed by atoms with Gasteiger partial charge >= 0.3 is 0 Å². The summed E-state index contributed by atoms with van der Waals surface area (Å²) in [5.41, 5.74) is 2.44. The second-order valence-corrected chi connectivity index (χ2v) is 2.67. The van der Waals surface area contributed by atoms with Crippen LogP contribution in [0.25, 0.3) is 0 Å². The first-order valence-corrected chi connectivity index (χ1v) is 3.83. The van der Waals surface area contributed by atoms with Crippen molar-refractivity contribution in [2.75, 3.05) is 10.2 Å². The summed E-state index contributed by atoms with van der Waals surface area (Å²) in [6.45, 7) is 0. The first-order valence-electron chi connectivity index (χ1n) is 2.83. The molecule has 0 saturated heterocycles. The van der Waals surface area contributed by atoms with E-state index < -0.39 is 0 Å². The van der Waals surface area contributed by atoms with Crippen molar-refractivity contribution in [3.63, 3.8) is 0 Å². The quantitative estimate of drug-likeness (QED) is 0.536. The van der Waals surface area contributed by atoms with Crippen LogP contribution in [0.1, 0.15) is 0 Å². The summed E-state index contributed by atoms with van der Waals surface area (Å²) in [6, 6.07) is 8.21. The Morgan fingerprint density at radius 1 is 1.00 bits per heavy atom. The van der Waals surface area contributed by atoms with Crippen LogP contribution >= 0.6 is 8.88 Å². The van der Waals surface area contributed by atoms with E-state index in [1.54, 1.807) is 0 Å². The van der Waals surface area contributed by atoms with Gasteiger partial charge in [-0.3, -0.25) is 0 Å². The molecule has 1 aromatic rings. The maximum Gasteiger partial charge on any atom is 0.0744 e. The first kappa shape index (κ1) is 5.07. The average Bonchev–Trinajstić information content (AvgIpc) is 2.33. The zero-order valence-electron chi connectivity index (χ0n) is 4.81. The summed E-state index contributed by atoms with van der Waals surface area (Å²) in [6.07, 6.45) is 0. The number of nitrogens with one attached hydrogen (secondary N) is 2. The number of hydrogen-bond acceptors (Lipinski definition) is 2. The van der Waals surface area contributed by atoms with Crippen molar-refractivity contribution in [2.45, 2.75) is 0 Å². The molecule has 1 aliphatic rings. The minimum Gasteiger partial charge on any atom is -0.348 e. The van der Waals surface area contributed by atoms with Crippen molar-refractivity contribution >= 4 is 20.3 Å². The molecule has 0 spiro atoms. The number of hydrogen-bond donors (Lipinski definition) is 2. The normalized spacial score (nSPS) is 13.8. The Balaban J connectivity index is 2.54. The molecule has 0 atom stereocenters. The van der Waals surface area contributed by atoms with Crippen molar-refractivity contribution in [1.82, 2.24) is 0 Å². The highest BCUT2D eigenvalue weighted by molar-refractivity contribution is 7.42. The van der Waals surface area contributed by atoms with Crippen molar-refractivity contribution in [1.29, 1.82) is 0 Å². The molecule has 0 bridgehead atoms. The Labute approximate surface area is 55.6 Å². The second kappa shape index (κ2) is 1.89. The van der Waals surface area contributed by atoms with Crippen molar-refractivity contribution in [3.05, 3.63) is 24.3 Å². The molecule has 1 aliphatic heterocycles. The van der Waals surface area contributed by atoms with E-state index in [0.717, 1.165) is 0 Å². The van der Waals surface area contributed by atoms with Crippen LogP contribution in [0.5, 0.6) is 0 Å². The highest BCUT2D eigenvalue weighted by atomic mass is 31.1. The fourth-order valence-electron chi connectivity index (χ4n) is 0.867. The summed E-state index contributed by atoms with van der Waals surface area (Å²) in [4.78, 5) is 0. The molecule has 0 aliphatic carbocycles. The highest BCUT2D eigenvalue weighted by Crippen LogP contribution is 2.34. The Kier molecular flexibility index (Phi) is 1.06. The Hall–Kier alpha value is -0.750. The van der Waals surface area contributed by atoms with Gasteiger partial charge in [0.05, 0.1) is 20.3 Å². The Bertz CT molecular complexity index is 201. The van der Waals surface area contributed by atoms with Gasteiger partial charge in [0, 0.05) is 0 Å². The fourth-order valence-corrected chi connectivity index (χ4v) is 1.63. The van der Waals surface area contributed by atoms with Crippen LogP contribution in [0.15, 0.2) is 24.3 Å². The SMILES string of the molecule is c1ccc2c(c1)NPN2. The molecule has 46 valence electrons. The average molecular weight is 138 g/mol. The molecular formula is C6H7N2P. The van der Waals surface area contributed by atoms with Gasteiger partial charge in [0.25, 0.3) is 0 Å². The molecule has 3 heteroatoms. The zero-order valence-corrected chi connectivity index (χ0v) is 5.81. The van der Waals surface area contributed by atoms with Crippen LogP contribution in [-0.4, -0.2) is 0 Å². The molecule has 2 nitrogen and oxygen atoms in total. The summed E-state index contributed by atoms with van der Waals surface area (Å²) < 4.78 is 0. The molecule has 1 heterocycles. The number of anilines is 2. The lowest BCUT2D eigenvalue weighted by atomic mass is 10.3. The standard InChI is InChI=1S/C6H7N2P/c1-2-4-6-5(3-1)7-9-8-6/h1-4,7-9H. The predicted octanol–water partition coefficient (Wildman–Crippen LogP) is 2.03. The van der Waals surface area contributed by atoms with E-state index in [9.17, 15) is 0 Å². The maximum absolute atomic E-state index is 3.22. The lowest BCUT2D eigenvalue weighted by Crippen LogP contribution is -1.72. The molecule has 2 rings (SSSR count). The largest absolute Gasteiger partial charge is 0.348 e. The summed E-state index contributed by atoms with van der Waals surface area (Å²) in [5.74, 6) is 0. The number of para-hydroxylation sites is 2. The van der Waals surface area contributed by atoms with Gasteiger partial charge < -0.3 is 10.2 Å². The van der Waals surface area contributed by atoms with Crippen LogP contribution in [0.3, 0.4) is 0 Å². The molecule has 0 unspecified atom stereocenters. The molecular weight excluding hydrogens is 131 g/mol. The summed E-state index contributed by atoms with van der Waals surface area (Å²) in [7, 11) is 0.646. The van der Waals surface area contributed by atoms with E-state index in [2.05, 4.69) is 22.3 Å². The molecule has 0 aromatic heterocycles. The first-order chi connectivity index (χ1) is 4.47. The van der Waals surface area contributed by atoms with Crippen LogP contribution in [0.4, 0.5) is 11.4 Å². The fraction of sp³-hybridized carbons (Fsp3) is 0. The summed E-state index contributed by atoms with van der Waals surface area (Å²) >= 11 is 0. The molecule has 0 radical (unpaired) electrons. The molecule has 2 N–H and O–H groups in total. The van der Waals surface area contributed by atoms with E-state index in [4.69, 9.17) is 0 Å². The number of fused-ring (bicyclic) bond motifs is 1. The number of benzene rings is 1. The van der Waals surface area contributed by atoms with Gasteiger partial charge in [-0.25, -0.2) is 0 Å². The summed E-state index contributed by atoms with van der Waals surface area (Å²) in [5, 5.41) is 6.43. The van der Waals surface area contributed by atoms with E-state index in [1.165, 1.54) is 11.4 Å². The zero-order chi connectivity index (χ0) is 6.10. The van der Waals surface area contributed by atoms with Crippen molar-refractivity contribution < 1.29 is 0 Å². The predicted molar refractivity (Wildman–Crippen MR) is 42.0 cm³/mol. The minimum atomic E-state index is 0.646. The topological polar surface area (TPSA) is 24.1 Å². The van der Waals surface area contributed by atoms with Crippen LogP contribution in [-0.2, 0) is 0 Å². The Morgan fingerprint density at radius 3 is 2.11 bits per heavy atom.